The Morgan fingerprint density at radius 2 is 2.22 bits per heavy atom. The molecule has 4 heteroatoms. The van der Waals surface area contributed by atoms with Crippen LogP contribution in [-0.4, -0.2) is 29.5 Å². The van der Waals surface area contributed by atoms with Crippen molar-refractivity contribution in [2.24, 2.45) is 0 Å². The number of rotatable bonds is 8. The number of likely N-dealkylation sites (N-methyl/N-ethyl adjacent to an activating group) is 1. The second kappa shape index (κ2) is 7.77. The molecular weight excluding hydrogens is 249 g/mol. The molecule has 1 aromatic carbocycles. The Kier molecular flexibility index (Phi) is 6.68. The molecule has 0 aliphatic heterocycles. The molecular formula is C14H22FNOS. The highest BCUT2D eigenvalue weighted by Crippen LogP contribution is 2.21. The number of hydrogen-bond donors (Lipinski definition) is 2. The first-order valence-electron chi connectivity index (χ1n) is 6.34. The summed E-state index contributed by atoms with van der Waals surface area (Å²) < 4.78 is 13.0. The zero-order valence-electron chi connectivity index (χ0n) is 11.1. The SMILES string of the molecule is CCNC(C)(CO)CCCSc1cccc(F)c1. The van der Waals surface area contributed by atoms with E-state index in [4.69, 9.17) is 0 Å². The normalized spacial score (nSPS) is 14.4. The standard InChI is InChI=1S/C14H22FNOS/c1-3-16-14(2,11-17)8-5-9-18-13-7-4-6-12(15)10-13/h4,6-7,10,16-17H,3,5,8-9,11H2,1-2H3. The van der Waals surface area contributed by atoms with Crippen LogP contribution in [0.5, 0.6) is 0 Å². The van der Waals surface area contributed by atoms with Gasteiger partial charge in [0.25, 0.3) is 0 Å². The average molecular weight is 271 g/mol. The molecule has 0 amide bonds. The molecule has 0 saturated heterocycles. The molecule has 18 heavy (non-hydrogen) atoms. The van der Waals surface area contributed by atoms with Gasteiger partial charge in [-0.15, -0.1) is 11.8 Å². The number of nitrogens with one attached hydrogen (secondary N) is 1. The lowest BCUT2D eigenvalue weighted by Crippen LogP contribution is -2.45. The van der Waals surface area contributed by atoms with E-state index in [-0.39, 0.29) is 18.0 Å². The van der Waals surface area contributed by atoms with Crippen molar-refractivity contribution < 1.29 is 9.50 Å². The third-order valence-electron chi connectivity index (χ3n) is 2.89. The molecule has 0 spiro atoms. The Balaban J connectivity index is 2.30. The highest BCUT2D eigenvalue weighted by atomic mass is 32.2. The smallest absolute Gasteiger partial charge is 0.124 e. The van der Waals surface area contributed by atoms with Gasteiger partial charge in [-0.25, -0.2) is 4.39 Å². The monoisotopic (exact) mass is 271 g/mol. The van der Waals surface area contributed by atoms with E-state index in [2.05, 4.69) is 5.32 Å². The fraction of sp³-hybridized carbons (Fsp3) is 0.571. The summed E-state index contributed by atoms with van der Waals surface area (Å²) >= 11 is 1.65. The van der Waals surface area contributed by atoms with E-state index >= 15 is 0 Å². The van der Waals surface area contributed by atoms with Crippen LogP contribution in [0.15, 0.2) is 29.2 Å². The molecule has 1 atom stereocenters. The van der Waals surface area contributed by atoms with Crippen molar-refractivity contribution in [3.05, 3.63) is 30.1 Å². The van der Waals surface area contributed by atoms with Gasteiger partial charge in [-0.1, -0.05) is 13.0 Å². The van der Waals surface area contributed by atoms with Crippen molar-refractivity contribution in [3.8, 4) is 0 Å². The van der Waals surface area contributed by atoms with Crippen molar-refractivity contribution in [2.75, 3.05) is 18.9 Å². The molecule has 102 valence electrons. The van der Waals surface area contributed by atoms with Crippen LogP contribution in [0.2, 0.25) is 0 Å². The summed E-state index contributed by atoms with van der Waals surface area (Å²) in [6.45, 7) is 5.07. The number of benzene rings is 1. The zero-order valence-corrected chi connectivity index (χ0v) is 11.9. The third kappa shape index (κ3) is 5.38. The second-order valence-electron chi connectivity index (χ2n) is 4.66. The van der Waals surface area contributed by atoms with Crippen LogP contribution in [0, 0.1) is 5.82 Å². The first-order chi connectivity index (χ1) is 8.59. The molecule has 0 saturated carbocycles. The van der Waals surface area contributed by atoms with Crippen LogP contribution in [-0.2, 0) is 0 Å². The van der Waals surface area contributed by atoms with Crippen LogP contribution >= 0.6 is 11.8 Å². The fourth-order valence-corrected chi connectivity index (χ4v) is 2.75. The van der Waals surface area contributed by atoms with Crippen LogP contribution in [0.3, 0.4) is 0 Å². The number of halogens is 1. The van der Waals surface area contributed by atoms with Crippen molar-refractivity contribution >= 4 is 11.8 Å². The van der Waals surface area contributed by atoms with Gasteiger partial charge < -0.3 is 10.4 Å². The summed E-state index contributed by atoms with van der Waals surface area (Å²) in [5, 5.41) is 12.6. The van der Waals surface area contributed by atoms with Crippen LogP contribution in [0.1, 0.15) is 26.7 Å². The van der Waals surface area contributed by atoms with E-state index in [0.29, 0.717) is 0 Å². The summed E-state index contributed by atoms with van der Waals surface area (Å²) in [6.07, 6.45) is 1.91. The molecule has 1 rings (SSSR count). The van der Waals surface area contributed by atoms with E-state index in [1.165, 1.54) is 6.07 Å². The minimum Gasteiger partial charge on any atom is -0.394 e. The van der Waals surface area contributed by atoms with Crippen molar-refractivity contribution in [1.29, 1.82) is 0 Å². The number of thioether (sulfide) groups is 1. The van der Waals surface area contributed by atoms with Crippen molar-refractivity contribution in [3.63, 3.8) is 0 Å². The van der Waals surface area contributed by atoms with Gasteiger partial charge in [0.05, 0.1) is 6.61 Å². The molecule has 0 aliphatic carbocycles. The van der Waals surface area contributed by atoms with Crippen LogP contribution in [0.25, 0.3) is 0 Å². The van der Waals surface area contributed by atoms with Gasteiger partial charge in [0.15, 0.2) is 0 Å². The maximum Gasteiger partial charge on any atom is 0.124 e. The molecule has 0 fully saturated rings. The predicted octanol–water partition coefficient (Wildman–Crippen LogP) is 3.06. The van der Waals surface area contributed by atoms with E-state index in [1.54, 1.807) is 23.9 Å². The fourth-order valence-electron chi connectivity index (χ4n) is 1.86. The van der Waals surface area contributed by atoms with Crippen molar-refractivity contribution in [2.45, 2.75) is 37.1 Å². The van der Waals surface area contributed by atoms with Gasteiger partial charge in [-0.3, -0.25) is 0 Å². The number of aliphatic hydroxyl groups excluding tert-OH is 1. The Labute approximate surface area is 113 Å². The lowest BCUT2D eigenvalue weighted by atomic mass is 9.97. The summed E-state index contributed by atoms with van der Waals surface area (Å²) in [4.78, 5) is 0.962. The maximum absolute atomic E-state index is 13.0. The molecule has 2 N–H and O–H groups in total. The first-order valence-corrected chi connectivity index (χ1v) is 7.32. The summed E-state index contributed by atoms with van der Waals surface area (Å²) in [6, 6.07) is 6.66. The van der Waals surface area contributed by atoms with E-state index in [0.717, 1.165) is 30.0 Å². The molecule has 0 bridgehead atoms. The Bertz CT molecular complexity index is 361. The number of aliphatic hydroxyl groups is 1. The quantitative estimate of drug-likeness (QED) is 0.563. The van der Waals surface area contributed by atoms with Gasteiger partial charge in [0, 0.05) is 10.4 Å². The van der Waals surface area contributed by atoms with E-state index in [1.807, 2.05) is 19.9 Å². The highest BCUT2D eigenvalue weighted by molar-refractivity contribution is 7.99. The lowest BCUT2D eigenvalue weighted by Gasteiger charge is -2.28. The third-order valence-corrected chi connectivity index (χ3v) is 3.97. The Hall–Kier alpha value is -0.580. The van der Waals surface area contributed by atoms with Gasteiger partial charge in [0.2, 0.25) is 0 Å². The average Bonchev–Trinajstić information content (AvgIpc) is 2.35. The van der Waals surface area contributed by atoms with Gasteiger partial charge in [0.1, 0.15) is 5.82 Å². The van der Waals surface area contributed by atoms with E-state index in [9.17, 15) is 9.50 Å². The largest absolute Gasteiger partial charge is 0.394 e. The molecule has 0 aromatic heterocycles. The summed E-state index contributed by atoms with van der Waals surface area (Å²) in [7, 11) is 0. The van der Waals surface area contributed by atoms with Gasteiger partial charge >= 0.3 is 0 Å². The zero-order chi connectivity index (χ0) is 13.4. The molecule has 2 nitrogen and oxygen atoms in total. The molecule has 1 unspecified atom stereocenters. The Morgan fingerprint density at radius 1 is 1.44 bits per heavy atom. The lowest BCUT2D eigenvalue weighted by molar-refractivity contribution is 0.167. The maximum atomic E-state index is 13.0. The summed E-state index contributed by atoms with van der Waals surface area (Å²) in [5.74, 6) is 0.748. The predicted molar refractivity (Wildman–Crippen MR) is 75.5 cm³/mol. The number of hydrogen-bond acceptors (Lipinski definition) is 3. The molecule has 0 heterocycles. The molecule has 1 aromatic rings. The topological polar surface area (TPSA) is 32.3 Å². The minimum absolute atomic E-state index is 0.144. The van der Waals surface area contributed by atoms with Crippen LogP contribution < -0.4 is 5.32 Å². The molecule has 0 aliphatic rings. The van der Waals surface area contributed by atoms with Crippen LogP contribution in [0.4, 0.5) is 4.39 Å². The second-order valence-corrected chi connectivity index (χ2v) is 5.83. The first kappa shape index (κ1) is 15.5. The van der Waals surface area contributed by atoms with E-state index < -0.39 is 0 Å². The summed E-state index contributed by atoms with van der Waals surface area (Å²) in [5.41, 5.74) is -0.197. The Morgan fingerprint density at radius 3 is 2.83 bits per heavy atom. The van der Waals surface area contributed by atoms with Gasteiger partial charge in [-0.2, -0.15) is 0 Å². The minimum atomic E-state index is -0.197. The van der Waals surface area contributed by atoms with Crippen molar-refractivity contribution in [1.82, 2.24) is 5.32 Å². The highest BCUT2D eigenvalue weighted by Gasteiger charge is 2.20. The van der Waals surface area contributed by atoms with Gasteiger partial charge in [-0.05, 0) is 50.3 Å². The molecule has 0 radical (unpaired) electrons.